The molecule has 0 radical (unpaired) electrons. The summed E-state index contributed by atoms with van der Waals surface area (Å²) in [6, 6.07) is 16.0. The summed E-state index contributed by atoms with van der Waals surface area (Å²) in [6.45, 7) is 2.56. The van der Waals surface area contributed by atoms with Crippen LogP contribution >= 0.6 is 0 Å². The van der Waals surface area contributed by atoms with Crippen LogP contribution in [-0.2, 0) is 6.42 Å². The molecular weight excluding hydrogens is 343 g/mol. The molecule has 0 fully saturated rings. The summed E-state index contributed by atoms with van der Waals surface area (Å²) in [5.74, 6) is 0.0782. The van der Waals surface area contributed by atoms with Gasteiger partial charge in [0.15, 0.2) is 0 Å². The Bertz CT molecular complexity index is 867. The van der Waals surface area contributed by atoms with E-state index < -0.39 is 0 Å². The minimum absolute atomic E-state index is 0.117. The van der Waals surface area contributed by atoms with Gasteiger partial charge in [0.1, 0.15) is 17.3 Å². The van der Waals surface area contributed by atoms with Crippen LogP contribution in [0, 0.1) is 5.82 Å². The van der Waals surface area contributed by atoms with Crippen molar-refractivity contribution in [3.63, 3.8) is 0 Å². The molecule has 0 aliphatic rings. The Hall–Kier alpha value is -3.28. The molecule has 5 nitrogen and oxygen atoms in total. The predicted molar refractivity (Wildman–Crippen MR) is 103 cm³/mol. The number of rotatable bonds is 7. The van der Waals surface area contributed by atoms with Gasteiger partial charge in [0.05, 0.1) is 18.4 Å². The fraction of sp³-hybridized carbons (Fsp3) is 0.190. The first kappa shape index (κ1) is 18.5. The fourth-order valence-electron chi connectivity index (χ4n) is 2.62. The van der Waals surface area contributed by atoms with Gasteiger partial charge in [-0.3, -0.25) is 4.79 Å². The number of amides is 1. The largest absolute Gasteiger partial charge is 0.368 e. The third kappa shape index (κ3) is 5.34. The van der Waals surface area contributed by atoms with E-state index in [2.05, 4.69) is 20.6 Å². The molecule has 2 aromatic carbocycles. The second-order valence-electron chi connectivity index (χ2n) is 6.20. The Morgan fingerprint density at radius 3 is 2.44 bits per heavy atom. The minimum atomic E-state index is -0.267. The van der Waals surface area contributed by atoms with Gasteiger partial charge in [-0.25, -0.2) is 14.4 Å². The summed E-state index contributed by atoms with van der Waals surface area (Å²) in [7, 11) is 0. The van der Waals surface area contributed by atoms with Crippen molar-refractivity contribution >= 4 is 11.7 Å². The van der Waals surface area contributed by atoms with Crippen LogP contribution in [0.2, 0.25) is 0 Å². The highest BCUT2D eigenvalue weighted by atomic mass is 19.1. The van der Waals surface area contributed by atoms with Crippen molar-refractivity contribution in [2.45, 2.75) is 19.4 Å². The Morgan fingerprint density at radius 2 is 1.78 bits per heavy atom. The Labute approximate surface area is 157 Å². The SMILES string of the molecule is CC(NC(=O)c1cnc(NCCc2ccc(F)cc2)cn1)c1ccccc1. The molecule has 6 heteroatoms. The standard InChI is InChI=1S/C21H21FN4O/c1-15(17-5-3-2-4-6-17)26-21(27)19-13-25-20(14-24-19)23-12-11-16-7-9-18(22)10-8-16/h2-10,13-15H,11-12H2,1H3,(H,23,25)(H,26,27). The average Bonchev–Trinajstić information content (AvgIpc) is 2.70. The van der Waals surface area contributed by atoms with Gasteiger partial charge in [0.25, 0.3) is 5.91 Å². The van der Waals surface area contributed by atoms with Gasteiger partial charge < -0.3 is 10.6 Å². The zero-order valence-corrected chi connectivity index (χ0v) is 15.0. The maximum absolute atomic E-state index is 12.9. The van der Waals surface area contributed by atoms with E-state index in [1.165, 1.54) is 24.5 Å². The molecule has 138 valence electrons. The van der Waals surface area contributed by atoms with E-state index in [1.807, 2.05) is 37.3 Å². The molecule has 2 N–H and O–H groups in total. The lowest BCUT2D eigenvalue weighted by Gasteiger charge is -2.14. The molecule has 1 aromatic heterocycles. The normalized spacial score (nSPS) is 11.6. The lowest BCUT2D eigenvalue weighted by atomic mass is 10.1. The molecule has 3 aromatic rings. The van der Waals surface area contributed by atoms with Crippen molar-refractivity contribution in [1.29, 1.82) is 0 Å². The lowest BCUT2D eigenvalue weighted by Crippen LogP contribution is -2.27. The van der Waals surface area contributed by atoms with Crippen LogP contribution in [-0.4, -0.2) is 22.4 Å². The highest BCUT2D eigenvalue weighted by Gasteiger charge is 2.12. The number of halogens is 1. The van der Waals surface area contributed by atoms with Gasteiger partial charge >= 0.3 is 0 Å². The number of benzene rings is 2. The first-order chi connectivity index (χ1) is 13.1. The second-order valence-corrected chi connectivity index (χ2v) is 6.20. The molecular formula is C21H21FN4O. The molecule has 1 heterocycles. The predicted octanol–water partition coefficient (Wildman–Crippen LogP) is 3.76. The van der Waals surface area contributed by atoms with Gasteiger partial charge in [-0.2, -0.15) is 0 Å². The highest BCUT2D eigenvalue weighted by molar-refractivity contribution is 5.92. The Balaban J connectivity index is 1.50. The first-order valence-corrected chi connectivity index (χ1v) is 8.78. The number of carbonyl (C=O) groups is 1. The summed E-state index contributed by atoms with van der Waals surface area (Å²) in [6.07, 6.45) is 3.72. The minimum Gasteiger partial charge on any atom is -0.368 e. The molecule has 0 aliphatic heterocycles. The maximum atomic E-state index is 12.9. The summed E-state index contributed by atoms with van der Waals surface area (Å²) >= 11 is 0. The van der Waals surface area contributed by atoms with Crippen LogP contribution in [0.4, 0.5) is 10.2 Å². The number of carbonyl (C=O) groups excluding carboxylic acids is 1. The van der Waals surface area contributed by atoms with Crippen molar-refractivity contribution in [3.05, 3.63) is 89.6 Å². The van der Waals surface area contributed by atoms with Gasteiger partial charge in [-0.05, 0) is 36.6 Å². The van der Waals surface area contributed by atoms with Crippen molar-refractivity contribution in [2.24, 2.45) is 0 Å². The second kappa shape index (κ2) is 8.89. The lowest BCUT2D eigenvalue weighted by molar-refractivity contribution is 0.0934. The number of hydrogen-bond acceptors (Lipinski definition) is 4. The van der Waals surface area contributed by atoms with Crippen molar-refractivity contribution in [3.8, 4) is 0 Å². The average molecular weight is 364 g/mol. The van der Waals surface area contributed by atoms with E-state index in [0.29, 0.717) is 12.4 Å². The molecule has 1 amide bonds. The number of nitrogens with zero attached hydrogens (tertiary/aromatic N) is 2. The molecule has 3 rings (SSSR count). The van der Waals surface area contributed by atoms with Crippen LogP contribution in [0.1, 0.15) is 34.6 Å². The van der Waals surface area contributed by atoms with Crippen LogP contribution in [0.15, 0.2) is 67.0 Å². The molecule has 27 heavy (non-hydrogen) atoms. The van der Waals surface area contributed by atoms with E-state index in [9.17, 15) is 9.18 Å². The fourth-order valence-corrected chi connectivity index (χ4v) is 2.62. The highest BCUT2D eigenvalue weighted by Crippen LogP contribution is 2.12. The van der Waals surface area contributed by atoms with Gasteiger partial charge in [0, 0.05) is 6.54 Å². The van der Waals surface area contributed by atoms with Crippen LogP contribution in [0.25, 0.3) is 0 Å². The third-order valence-electron chi connectivity index (χ3n) is 4.16. The van der Waals surface area contributed by atoms with E-state index in [4.69, 9.17) is 0 Å². The first-order valence-electron chi connectivity index (χ1n) is 8.78. The monoisotopic (exact) mass is 364 g/mol. The zero-order valence-electron chi connectivity index (χ0n) is 15.0. The Kier molecular flexibility index (Phi) is 6.10. The van der Waals surface area contributed by atoms with E-state index in [1.54, 1.807) is 12.1 Å². The molecule has 0 bridgehead atoms. The van der Waals surface area contributed by atoms with E-state index >= 15 is 0 Å². The van der Waals surface area contributed by atoms with Crippen molar-refractivity contribution < 1.29 is 9.18 Å². The Morgan fingerprint density at radius 1 is 1.04 bits per heavy atom. The quantitative estimate of drug-likeness (QED) is 0.670. The number of anilines is 1. The van der Waals surface area contributed by atoms with E-state index in [-0.39, 0.29) is 23.5 Å². The van der Waals surface area contributed by atoms with Crippen LogP contribution < -0.4 is 10.6 Å². The number of nitrogens with one attached hydrogen (secondary N) is 2. The zero-order chi connectivity index (χ0) is 19.1. The molecule has 0 saturated carbocycles. The molecule has 1 unspecified atom stereocenters. The summed E-state index contributed by atoms with van der Waals surface area (Å²) in [4.78, 5) is 20.7. The molecule has 0 spiro atoms. The number of aromatic nitrogens is 2. The summed E-state index contributed by atoms with van der Waals surface area (Å²) < 4.78 is 12.9. The van der Waals surface area contributed by atoms with Crippen molar-refractivity contribution in [1.82, 2.24) is 15.3 Å². The molecule has 0 aliphatic carbocycles. The van der Waals surface area contributed by atoms with Gasteiger partial charge in [-0.15, -0.1) is 0 Å². The van der Waals surface area contributed by atoms with Gasteiger partial charge in [0.2, 0.25) is 0 Å². The van der Waals surface area contributed by atoms with Gasteiger partial charge in [-0.1, -0.05) is 42.5 Å². The summed E-state index contributed by atoms with van der Waals surface area (Å²) in [5.41, 5.74) is 2.32. The maximum Gasteiger partial charge on any atom is 0.271 e. The van der Waals surface area contributed by atoms with Crippen LogP contribution in [0.5, 0.6) is 0 Å². The number of hydrogen-bond donors (Lipinski definition) is 2. The van der Waals surface area contributed by atoms with E-state index in [0.717, 1.165) is 17.5 Å². The van der Waals surface area contributed by atoms with Crippen LogP contribution in [0.3, 0.4) is 0 Å². The summed E-state index contributed by atoms with van der Waals surface area (Å²) in [5, 5.41) is 6.05. The smallest absolute Gasteiger partial charge is 0.271 e. The molecule has 0 saturated heterocycles. The van der Waals surface area contributed by atoms with Crippen molar-refractivity contribution in [2.75, 3.05) is 11.9 Å². The molecule has 1 atom stereocenters. The topological polar surface area (TPSA) is 66.9 Å². The third-order valence-corrected chi connectivity index (χ3v) is 4.16.